The van der Waals surface area contributed by atoms with Gasteiger partial charge in [-0.2, -0.15) is 0 Å². The minimum absolute atomic E-state index is 0.199. The zero-order valence-electron chi connectivity index (χ0n) is 10.7. The molecule has 0 atom stereocenters. The van der Waals surface area contributed by atoms with Crippen molar-refractivity contribution >= 4 is 17.1 Å². The van der Waals surface area contributed by atoms with Gasteiger partial charge in [-0.15, -0.1) is 0 Å². The number of imidazole rings is 1. The lowest BCUT2D eigenvalue weighted by Crippen LogP contribution is -2.13. The molecule has 2 rings (SSSR count). The van der Waals surface area contributed by atoms with Crippen molar-refractivity contribution in [2.75, 3.05) is 6.61 Å². The number of pyridine rings is 1. The van der Waals surface area contributed by atoms with Crippen molar-refractivity contribution in [3.63, 3.8) is 0 Å². The van der Waals surface area contributed by atoms with Gasteiger partial charge in [0.1, 0.15) is 17.8 Å². The average Bonchev–Trinajstić information content (AvgIpc) is 2.68. The second kappa shape index (κ2) is 5.62. The highest BCUT2D eigenvalue weighted by atomic mass is 16.5. The Morgan fingerprint density at radius 1 is 1.44 bits per heavy atom. The molecular formula is C13H17N3O2. The molecule has 0 unspecified atom stereocenters. The fourth-order valence-corrected chi connectivity index (χ4v) is 1.94. The van der Waals surface area contributed by atoms with Crippen LogP contribution in [0.2, 0.25) is 0 Å². The predicted octanol–water partition coefficient (Wildman–Crippen LogP) is 1.95. The van der Waals surface area contributed by atoms with Gasteiger partial charge in [0.05, 0.1) is 6.61 Å². The van der Waals surface area contributed by atoms with Gasteiger partial charge in [-0.25, -0.2) is 9.97 Å². The van der Waals surface area contributed by atoms with Crippen molar-refractivity contribution in [2.24, 2.45) is 0 Å². The molecule has 2 aromatic heterocycles. The number of nitrogens with zero attached hydrogens (tertiary/aromatic N) is 3. The fraction of sp³-hybridized carbons (Fsp3) is 0.462. The molecular weight excluding hydrogens is 230 g/mol. The van der Waals surface area contributed by atoms with Gasteiger partial charge in [0, 0.05) is 12.7 Å². The predicted molar refractivity (Wildman–Crippen MR) is 68.2 cm³/mol. The maximum atomic E-state index is 11.5. The minimum Gasteiger partial charge on any atom is -0.466 e. The van der Waals surface area contributed by atoms with E-state index in [4.69, 9.17) is 4.74 Å². The molecule has 0 fully saturated rings. The van der Waals surface area contributed by atoms with E-state index in [-0.39, 0.29) is 12.4 Å². The molecule has 18 heavy (non-hydrogen) atoms. The molecule has 0 aliphatic rings. The third kappa shape index (κ3) is 2.50. The number of carbonyl (C=O) groups is 1. The smallest absolute Gasteiger partial charge is 0.313 e. The molecule has 0 amide bonds. The van der Waals surface area contributed by atoms with Crippen molar-refractivity contribution in [1.82, 2.24) is 14.5 Å². The molecule has 2 aromatic rings. The van der Waals surface area contributed by atoms with Gasteiger partial charge in [0.15, 0.2) is 5.65 Å². The quantitative estimate of drug-likeness (QED) is 0.758. The second-order valence-electron chi connectivity index (χ2n) is 4.01. The van der Waals surface area contributed by atoms with E-state index >= 15 is 0 Å². The van der Waals surface area contributed by atoms with Gasteiger partial charge in [-0.1, -0.05) is 6.92 Å². The van der Waals surface area contributed by atoms with Crippen molar-refractivity contribution in [2.45, 2.75) is 33.2 Å². The molecule has 0 aliphatic heterocycles. The third-order valence-corrected chi connectivity index (χ3v) is 2.64. The molecule has 0 N–H and O–H groups in total. The van der Waals surface area contributed by atoms with Crippen LogP contribution in [0.5, 0.6) is 0 Å². The summed E-state index contributed by atoms with van der Waals surface area (Å²) in [4.78, 5) is 20.3. The largest absolute Gasteiger partial charge is 0.466 e. The van der Waals surface area contributed by atoms with Crippen molar-refractivity contribution in [3.8, 4) is 0 Å². The average molecular weight is 247 g/mol. The SMILES string of the molecule is CCCn1c(CC(=O)OCC)nc2cccnc21. The van der Waals surface area contributed by atoms with E-state index < -0.39 is 0 Å². The second-order valence-corrected chi connectivity index (χ2v) is 4.01. The summed E-state index contributed by atoms with van der Waals surface area (Å²) in [6, 6.07) is 3.75. The number of hydrogen-bond donors (Lipinski definition) is 0. The number of esters is 1. The zero-order chi connectivity index (χ0) is 13.0. The van der Waals surface area contributed by atoms with E-state index in [9.17, 15) is 4.79 Å². The van der Waals surface area contributed by atoms with Gasteiger partial charge in [-0.05, 0) is 25.5 Å². The fourth-order valence-electron chi connectivity index (χ4n) is 1.94. The van der Waals surface area contributed by atoms with Crippen LogP contribution in [-0.4, -0.2) is 27.1 Å². The topological polar surface area (TPSA) is 57.0 Å². The first kappa shape index (κ1) is 12.5. The van der Waals surface area contributed by atoms with Gasteiger partial charge in [-0.3, -0.25) is 4.79 Å². The minimum atomic E-state index is -0.245. The molecule has 0 aliphatic carbocycles. The normalized spacial score (nSPS) is 10.8. The Morgan fingerprint density at radius 2 is 2.28 bits per heavy atom. The Balaban J connectivity index is 2.36. The number of fused-ring (bicyclic) bond motifs is 1. The van der Waals surface area contributed by atoms with E-state index in [1.807, 2.05) is 16.7 Å². The monoisotopic (exact) mass is 247 g/mol. The maximum Gasteiger partial charge on any atom is 0.313 e. The first-order valence-corrected chi connectivity index (χ1v) is 6.22. The molecule has 0 spiro atoms. The first-order valence-electron chi connectivity index (χ1n) is 6.22. The van der Waals surface area contributed by atoms with Crippen LogP contribution >= 0.6 is 0 Å². The van der Waals surface area contributed by atoms with Crippen LogP contribution in [0.1, 0.15) is 26.1 Å². The molecule has 0 saturated carbocycles. The number of hydrogen-bond acceptors (Lipinski definition) is 4. The summed E-state index contributed by atoms with van der Waals surface area (Å²) in [6.07, 6.45) is 2.91. The molecule has 96 valence electrons. The van der Waals surface area contributed by atoms with Gasteiger partial charge < -0.3 is 9.30 Å². The maximum absolute atomic E-state index is 11.5. The Labute approximate surface area is 106 Å². The van der Waals surface area contributed by atoms with Crippen LogP contribution < -0.4 is 0 Å². The summed E-state index contributed by atoms with van der Waals surface area (Å²) in [6.45, 7) is 5.09. The summed E-state index contributed by atoms with van der Waals surface area (Å²) in [5, 5.41) is 0. The lowest BCUT2D eigenvalue weighted by Gasteiger charge is -2.06. The number of carbonyl (C=O) groups excluding carboxylic acids is 1. The van der Waals surface area contributed by atoms with Crippen molar-refractivity contribution < 1.29 is 9.53 Å². The summed E-state index contributed by atoms with van der Waals surface area (Å²) in [5.41, 5.74) is 1.66. The first-order chi connectivity index (χ1) is 8.76. The number of ether oxygens (including phenoxy) is 1. The van der Waals surface area contributed by atoms with Gasteiger partial charge in [0.25, 0.3) is 0 Å². The Hall–Kier alpha value is -1.91. The van der Waals surface area contributed by atoms with Crippen molar-refractivity contribution in [1.29, 1.82) is 0 Å². The molecule has 5 nitrogen and oxygen atoms in total. The summed E-state index contributed by atoms with van der Waals surface area (Å²) >= 11 is 0. The highest BCUT2D eigenvalue weighted by molar-refractivity contribution is 5.75. The summed E-state index contributed by atoms with van der Waals surface area (Å²) in [5.74, 6) is 0.481. The molecule has 2 heterocycles. The van der Waals surface area contributed by atoms with Gasteiger partial charge in [0.2, 0.25) is 0 Å². The van der Waals surface area contributed by atoms with Crippen LogP contribution in [0.4, 0.5) is 0 Å². The Morgan fingerprint density at radius 3 is 3.00 bits per heavy atom. The van der Waals surface area contributed by atoms with E-state index in [1.54, 1.807) is 13.1 Å². The lowest BCUT2D eigenvalue weighted by molar-refractivity contribution is -0.142. The summed E-state index contributed by atoms with van der Waals surface area (Å²) < 4.78 is 6.95. The molecule has 0 aromatic carbocycles. The highest BCUT2D eigenvalue weighted by Gasteiger charge is 2.14. The van der Waals surface area contributed by atoms with Crippen LogP contribution in [-0.2, 0) is 22.5 Å². The van der Waals surface area contributed by atoms with E-state index in [0.29, 0.717) is 6.61 Å². The third-order valence-electron chi connectivity index (χ3n) is 2.64. The van der Waals surface area contributed by atoms with Gasteiger partial charge >= 0.3 is 5.97 Å². The number of aromatic nitrogens is 3. The van der Waals surface area contributed by atoms with Crippen LogP contribution in [0.3, 0.4) is 0 Å². The molecule has 0 saturated heterocycles. The van der Waals surface area contributed by atoms with Crippen LogP contribution in [0, 0.1) is 0 Å². The van der Waals surface area contributed by atoms with Crippen LogP contribution in [0.15, 0.2) is 18.3 Å². The van der Waals surface area contributed by atoms with E-state index in [2.05, 4.69) is 16.9 Å². The molecule has 5 heteroatoms. The zero-order valence-corrected chi connectivity index (χ0v) is 10.7. The molecule has 0 radical (unpaired) electrons. The summed E-state index contributed by atoms with van der Waals surface area (Å²) in [7, 11) is 0. The highest BCUT2D eigenvalue weighted by Crippen LogP contribution is 2.14. The van der Waals surface area contributed by atoms with E-state index in [1.165, 1.54) is 0 Å². The number of rotatable bonds is 5. The number of aryl methyl sites for hydroxylation is 1. The Bertz CT molecular complexity index is 548. The van der Waals surface area contributed by atoms with Crippen LogP contribution in [0.25, 0.3) is 11.2 Å². The standard InChI is InChI=1S/C13H17N3O2/c1-3-8-16-11(9-12(17)18-4-2)15-10-6-5-7-14-13(10)16/h5-7H,3-4,8-9H2,1-2H3. The molecule has 0 bridgehead atoms. The van der Waals surface area contributed by atoms with E-state index in [0.717, 1.165) is 30.0 Å². The Kier molecular flexibility index (Phi) is 3.92. The van der Waals surface area contributed by atoms with Crippen molar-refractivity contribution in [3.05, 3.63) is 24.2 Å². The lowest BCUT2D eigenvalue weighted by atomic mass is 10.4.